The molecule has 0 aliphatic heterocycles. The smallest absolute Gasteiger partial charge is 0.191 e. The van der Waals surface area contributed by atoms with Crippen molar-refractivity contribution >= 4 is 29.9 Å². The largest absolute Gasteiger partial charge is 0.382 e. The quantitative estimate of drug-likeness (QED) is 0.215. The second-order valence-electron chi connectivity index (χ2n) is 5.22. The number of rotatable bonds is 11. The fourth-order valence-electron chi connectivity index (χ4n) is 2.11. The average molecular weight is 437 g/mol. The van der Waals surface area contributed by atoms with Crippen molar-refractivity contribution in [2.24, 2.45) is 4.99 Å². The minimum atomic E-state index is 0. The Labute approximate surface area is 157 Å². The summed E-state index contributed by atoms with van der Waals surface area (Å²) in [6, 6.07) is 0. The number of halogens is 1. The Kier molecular flexibility index (Phi) is 14.2. The van der Waals surface area contributed by atoms with Crippen LogP contribution in [0, 0.1) is 6.92 Å². The summed E-state index contributed by atoms with van der Waals surface area (Å²) in [5.41, 5.74) is 2.44. The van der Waals surface area contributed by atoms with E-state index in [2.05, 4.69) is 39.7 Å². The van der Waals surface area contributed by atoms with Crippen molar-refractivity contribution in [3.63, 3.8) is 0 Å². The highest BCUT2D eigenvalue weighted by atomic mass is 127. The minimum absolute atomic E-state index is 0. The molecule has 1 rings (SSSR count). The van der Waals surface area contributed by atoms with Gasteiger partial charge in [0.15, 0.2) is 5.96 Å². The maximum atomic E-state index is 5.33. The standard InChI is InChI=1S/C16H31N5O.HI/c1-4-17-16(18-10-6-7-12-22-5-2)19-11-8-9-15-13-20-21-14(15)3;/h13H,4-12H2,1-3H3,(H,20,21)(H2,17,18,19);1H. The molecule has 0 atom stereocenters. The molecule has 1 aromatic heterocycles. The molecular formula is C16H32IN5O. The summed E-state index contributed by atoms with van der Waals surface area (Å²) >= 11 is 0. The summed E-state index contributed by atoms with van der Waals surface area (Å²) in [6.45, 7) is 10.4. The Morgan fingerprint density at radius 2 is 2.09 bits per heavy atom. The summed E-state index contributed by atoms with van der Waals surface area (Å²) in [4.78, 5) is 4.61. The van der Waals surface area contributed by atoms with Crippen LogP contribution in [0.3, 0.4) is 0 Å². The van der Waals surface area contributed by atoms with Gasteiger partial charge in [0.1, 0.15) is 0 Å². The molecular weight excluding hydrogens is 405 g/mol. The third-order valence-electron chi connectivity index (χ3n) is 3.36. The molecule has 0 aromatic carbocycles. The number of aliphatic imine (C=N–C) groups is 1. The first kappa shape index (κ1) is 22.2. The highest BCUT2D eigenvalue weighted by Crippen LogP contribution is 2.05. The van der Waals surface area contributed by atoms with Crippen LogP contribution in [-0.2, 0) is 11.2 Å². The van der Waals surface area contributed by atoms with Gasteiger partial charge in [0.25, 0.3) is 0 Å². The second-order valence-corrected chi connectivity index (χ2v) is 5.22. The highest BCUT2D eigenvalue weighted by molar-refractivity contribution is 14.0. The van der Waals surface area contributed by atoms with E-state index >= 15 is 0 Å². The van der Waals surface area contributed by atoms with Crippen LogP contribution in [0.15, 0.2) is 11.2 Å². The molecule has 0 fully saturated rings. The lowest BCUT2D eigenvalue weighted by Crippen LogP contribution is -2.38. The first-order valence-corrected chi connectivity index (χ1v) is 8.36. The van der Waals surface area contributed by atoms with Crippen LogP contribution in [-0.4, -0.2) is 49.0 Å². The van der Waals surface area contributed by atoms with Crippen molar-refractivity contribution in [2.45, 2.75) is 46.5 Å². The molecule has 134 valence electrons. The van der Waals surface area contributed by atoms with Crippen molar-refractivity contribution in [1.82, 2.24) is 20.8 Å². The lowest BCUT2D eigenvalue weighted by Gasteiger charge is -2.11. The molecule has 0 radical (unpaired) electrons. The van der Waals surface area contributed by atoms with Gasteiger partial charge in [-0.3, -0.25) is 10.1 Å². The van der Waals surface area contributed by atoms with Gasteiger partial charge in [0.2, 0.25) is 0 Å². The molecule has 0 saturated heterocycles. The molecule has 1 aromatic rings. The number of H-pyrrole nitrogens is 1. The highest BCUT2D eigenvalue weighted by Gasteiger charge is 2.00. The van der Waals surface area contributed by atoms with Crippen molar-refractivity contribution in [3.05, 3.63) is 17.5 Å². The zero-order valence-electron chi connectivity index (χ0n) is 14.7. The number of hydrogen-bond acceptors (Lipinski definition) is 3. The predicted octanol–water partition coefficient (Wildman–Crippen LogP) is 2.64. The molecule has 0 aliphatic carbocycles. The molecule has 23 heavy (non-hydrogen) atoms. The number of aryl methyl sites for hydroxylation is 2. The van der Waals surface area contributed by atoms with Gasteiger partial charge in [-0.1, -0.05) is 0 Å². The summed E-state index contributed by atoms with van der Waals surface area (Å²) in [5, 5.41) is 13.7. The van der Waals surface area contributed by atoms with E-state index in [-0.39, 0.29) is 24.0 Å². The zero-order valence-corrected chi connectivity index (χ0v) is 17.0. The number of nitrogens with zero attached hydrogens (tertiary/aromatic N) is 2. The van der Waals surface area contributed by atoms with E-state index in [1.807, 2.05) is 13.1 Å². The Bertz CT molecular complexity index is 422. The third-order valence-corrected chi connectivity index (χ3v) is 3.36. The maximum absolute atomic E-state index is 5.33. The number of unbranched alkanes of at least 4 members (excludes halogenated alkanes) is 1. The number of aromatic amines is 1. The second kappa shape index (κ2) is 14.7. The van der Waals surface area contributed by atoms with Gasteiger partial charge in [0, 0.05) is 38.5 Å². The van der Waals surface area contributed by atoms with Crippen LogP contribution in [0.25, 0.3) is 0 Å². The average Bonchev–Trinajstić information content (AvgIpc) is 2.92. The molecule has 7 heteroatoms. The number of nitrogens with one attached hydrogen (secondary N) is 3. The number of aromatic nitrogens is 2. The number of hydrogen-bond donors (Lipinski definition) is 3. The molecule has 0 saturated carbocycles. The van der Waals surface area contributed by atoms with Gasteiger partial charge in [-0.05, 0) is 52.0 Å². The van der Waals surface area contributed by atoms with Crippen molar-refractivity contribution in [3.8, 4) is 0 Å². The number of ether oxygens (including phenoxy) is 1. The van der Waals surface area contributed by atoms with E-state index < -0.39 is 0 Å². The van der Waals surface area contributed by atoms with Gasteiger partial charge in [-0.15, -0.1) is 24.0 Å². The molecule has 0 amide bonds. The summed E-state index contributed by atoms with van der Waals surface area (Å²) in [5.74, 6) is 0.905. The SMILES string of the molecule is CCNC(=NCCCc1cn[nH]c1C)NCCCCOCC.I. The fourth-order valence-corrected chi connectivity index (χ4v) is 2.11. The van der Waals surface area contributed by atoms with E-state index in [1.165, 1.54) is 5.56 Å². The Morgan fingerprint density at radius 3 is 2.74 bits per heavy atom. The Balaban J connectivity index is 0.00000484. The number of guanidine groups is 1. The molecule has 3 N–H and O–H groups in total. The monoisotopic (exact) mass is 437 g/mol. The van der Waals surface area contributed by atoms with E-state index in [9.17, 15) is 0 Å². The van der Waals surface area contributed by atoms with Crippen molar-refractivity contribution in [2.75, 3.05) is 32.8 Å². The lowest BCUT2D eigenvalue weighted by molar-refractivity contribution is 0.143. The van der Waals surface area contributed by atoms with Gasteiger partial charge >= 0.3 is 0 Å². The third kappa shape index (κ3) is 10.5. The first-order chi connectivity index (χ1) is 10.8. The molecule has 0 aliphatic rings. The molecule has 0 unspecified atom stereocenters. The zero-order chi connectivity index (χ0) is 16.0. The van der Waals surface area contributed by atoms with Crippen molar-refractivity contribution in [1.29, 1.82) is 0 Å². The Hall–Kier alpha value is -0.830. The first-order valence-electron chi connectivity index (χ1n) is 8.36. The molecule has 0 bridgehead atoms. The lowest BCUT2D eigenvalue weighted by atomic mass is 10.1. The van der Waals surface area contributed by atoms with Crippen LogP contribution >= 0.6 is 24.0 Å². The van der Waals surface area contributed by atoms with Crippen LogP contribution in [0.4, 0.5) is 0 Å². The van der Waals surface area contributed by atoms with E-state index in [0.717, 1.165) is 70.2 Å². The van der Waals surface area contributed by atoms with Crippen molar-refractivity contribution < 1.29 is 4.74 Å². The van der Waals surface area contributed by atoms with E-state index in [1.54, 1.807) is 0 Å². The molecule has 6 nitrogen and oxygen atoms in total. The van der Waals surface area contributed by atoms with Gasteiger partial charge < -0.3 is 15.4 Å². The van der Waals surface area contributed by atoms with Gasteiger partial charge in [-0.25, -0.2) is 0 Å². The Morgan fingerprint density at radius 1 is 1.26 bits per heavy atom. The van der Waals surface area contributed by atoms with Crippen LogP contribution in [0.5, 0.6) is 0 Å². The molecule has 0 spiro atoms. The summed E-state index contributed by atoms with van der Waals surface area (Å²) in [6.07, 6.45) is 6.13. The summed E-state index contributed by atoms with van der Waals surface area (Å²) in [7, 11) is 0. The maximum Gasteiger partial charge on any atom is 0.191 e. The van der Waals surface area contributed by atoms with Crippen LogP contribution < -0.4 is 10.6 Å². The minimum Gasteiger partial charge on any atom is -0.382 e. The topological polar surface area (TPSA) is 74.3 Å². The van der Waals surface area contributed by atoms with Crippen LogP contribution in [0.1, 0.15) is 44.4 Å². The van der Waals surface area contributed by atoms with E-state index in [0.29, 0.717) is 0 Å². The normalized spacial score (nSPS) is 11.2. The molecule has 1 heterocycles. The van der Waals surface area contributed by atoms with E-state index in [4.69, 9.17) is 4.74 Å². The van der Waals surface area contributed by atoms with Gasteiger partial charge in [0.05, 0.1) is 6.20 Å². The summed E-state index contributed by atoms with van der Waals surface area (Å²) < 4.78 is 5.33. The predicted molar refractivity (Wildman–Crippen MR) is 107 cm³/mol. The fraction of sp³-hybridized carbons (Fsp3) is 0.750. The van der Waals surface area contributed by atoms with Gasteiger partial charge in [-0.2, -0.15) is 5.10 Å². The van der Waals surface area contributed by atoms with Crippen LogP contribution in [0.2, 0.25) is 0 Å².